The highest BCUT2D eigenvalue weighted by molar-refractivity contribution is 5.95. The summed E-state index contributed by atoms with van der Waals surface area (Å²) in [7, 11) is 0. The number of rotatable bonds is 4. The van der Waals surface area contributed by atoms with Gasteiger partial charge in [0.2, 0.25) is 0 Å². The van der Waals surface area contributed by atoms with Crippen LogP contribution in [-0.4, -0.2) is 36.2 Å². The zero-order chi connectivity index (χ0) is 13.8. The fourth-order valence-corrected chi connectivity index (χ4v) is 2.09. The minimum atomic E-state index is -0.919. The number of carbonyl (C=O) groups excluding carboxylic acids is 1. The van der Waals surface area contributed by atoms with Crippen LogP contribution in [0.4, 0.5) is 10.1 Å². The van der Waals surface area contributed by atoms with Crippen LogP contribution in [0.2, 0.25) is 0 Å². The molecule has 0 aliphatic carbocycles. The largest absolute Gasteiger partial charge is 0.481 e. The summed E-state index contributed by atoms with van der Waals surface area (Å²) in [4.78, 5) is 24.0. The highest BCUT2D eigenvalue weighted by atomic mass is 19.1. The summed E-state index contributed by atoms with van der Waals surface area (Å²) in [5, 5.41) is 8.71. The van der Waals surface area contributed by atoms with Crippen molar-refractivity contribution in [2.75, 3.05) is 18.1 Å². The molecular weight excluding hydrogens is 253 g/mol. The van der Waals surface area contributed by atoms with E-state index < -0.39 is 5.97 Å². The van der Waals surface area contributed by atoms with Gasteiger partial charge in [0.05, 0.1) is 12.6 Å². The van der Waals surface area contributed by atoms with Gasteiger partial charge in [-0.3, -0.25) is 9.59 Å². The molecule has 102 valence electrons. The standard InChI is InChI=1S/C13H14FNO4/c14-9-1-3-10(4-2-9)15-11(5-6-13(17)18)7-19-8-12(15)16/h1-4,11H,5-8H2,(H,17,18). The SMILES string of the molecule is O=C(O)CCC1COCC(=O)N1c1ccc(F)cc1. The molecule has 1 atom stereocenters. The number of aliphatic carboxylic acids is 1. The Labute approximate surface area is 109 Å². The van der Waals surface area contributed by atoms with Crippen molar-refractivity contribution in [3.05, 3.63) is 30.1 Å². The molecule has 0 spiro atoms. The molecule has 19 heavy (non-hydrogen) atoms. The Morgan fingerprint density at radius 3 is 2.74 bits per heavy atom. The van der Waals surface area contributed by atoms with E-state index >= 15 is 0 Å². The van der Waals surface area contributed by atoms with Gasteiger partial charge in [0.1, 0.15) is 12.4 Å². The molecule has 2 rings (SSSR count). The second kappa shape index (κ2) is 5.79. The topological polar surface area (TPSA) is 66.8 Å². The first kappa shape index (κ1) is 13.5. The number of morpholine rings is 1. The molecule has 0 aromatic heterocycles. The molecule has 5 nitrogen and oxygen atoms in total. The number of hydrogen-bond acceptors (Lipinski definition) is 3. The molecule has 0 bridgehead atoms. The number of amides is 1. The van der Waals surface area contributed by atoms with Crippen LogP contribution in [-0.2, 0) is 14.3 Å². The van der Waals surface area contributed by atoms with Crippen LogP contribution in [0.1, 0.15) is 12.8 Å². The molecule has 1 amide bonds. The van der Waals surface area contributed by atoms with E-state index in [-0.39, 0.29) is 37.4 Å². The maximum Gasteiger partial charge on any atom is 0.303 e. The van der Waals surface area contributed by atoms with Crippen molar-refractivity contribution in [2.45, 2.75) is 18.9 Å². The Bertz CT molecular complexity index is 474. The van der Waals surface area contributed by atoms with E-state index in [9.17, 15) is 14.0 Å². The highest BCUT2D eigenvalue weighted by Crippen LogP contribution is 2.23. The minimum absolute atomic E-state index is 0.0407. The number of halogens is 1. The van der Waals surface area contributed by atoms with Crippen molar-refractivity contribution in [1.29, 1.82) is 0 Å². The van der Waals surface area contributed by atoms with Crippen molar-refractivity contribution in [2.24, 2.45) is 0 Å². The van der Waals surface area contributed by atoms with E-state index in [1.165, 1.54) is 29.2 Å². The Balaban J connectivity index is 2.18. The van der Waals surface area contributed by atoms with Crippen LogP contribution in [0.5, 0.6) is 0 Å². The summed E-state index contributed by atoms with van der Waals surface area (Å²) < 4.78 is 18.0. The van der Waals surface area contributed by atoms with Crippen molar-refractivity contribution in [3.63, 3.8) is 0 Å². The van der Waals surface area contributed by atoms with Crippen LogP contribution >= 0.6 is 0 Å². The third-order valence-electron chi connectivity index (χ3n) is 2.97. The fourth-order valence-electron chi connectivity index (χ4n) is 2.09. The van der Waals surface area contributed by atoms with E-state index in [4.69, 9.17) is 9.84 Å². The molecular formula is C13H14FNO4. The Hall–Kier alpha value is -1.95. The van der Waals surface area contributed by atoms with Gasteiger partial charge in [0.15, 0.2) is 0 Å². The molecule has 1 unspecified atom stereocenters. The van der Waals surface area contributed by atoms with Gasteiger partial charge in [-0.15, -0.1) is 0 Å². The first-order chi connectivity index (χ1) is 9.08. The molecule has 6 heteroatoms. The molecule has 0 saturated carbocycles. The summed E-state index contributed by atoms with van der Waals surface area (Å²) >= 11 is 0. The summed E-state index contributed by atoms with van der Waals surface area (Å²) in [5.41, 5.74) is 0.560. The number of hydrogen-bond donors (Lipinski definition) is 1. The van der Waals surface area contributed by atoms with Crippen molar-refractivity contribution < 1.29 is 23.8 Å². The molecule has 1 aromatic rings. The van der Waals surface area contributed by atoms with Gasteiger partial charge in [-0.1, -0.05) is 0 Å². The summed E-state index contributed by atoms with van der Waals surface area (Å²) in [6.45, 7) is 0.247. The van der Waals surface area contributed by atoms with E-state index in [1.807, 2.05) is 0 Å². The zero-order valence-electron chi connectivity index (χ0n) is 10.2. The molecule has 1 fully saturated rings. The number of benzene rings is 1. The fraction of sp³-hybridized carbons (Fsp3) is 0.385. The Morgan fingerprint density at radius 2 is 2.11 bits per heavy atom. The van der Waals surface area contributed by atoms with Gasteiger partial charge in [-0.05, 0) is 30.7 Å². The quantitative estimate of drug-likeness (QED) is 0.896. The Kier molecular flexibility index (Phi) is 4.11. The maximum atomic E-state index is 12.9. The van der Waals surface area contributed by atoms with Gasteiger partial charge in [0, 0.05) is 12.1 Å². The van der Waals surface area contributed by atoms with Gasteiger partial charge in [0.25, 0.3) is 5.91 Å². The molecule has 1 aliphatic rings. The number of carbonyl (C=O) groups is 2. The lowest BCUT2D eigenvalue weighted by molar-refractivity contribution is -0.138. The van der Waals surface area contributed by atoms with Gasteiger partial charge in [-0.2, -0.15) is 0 Å². The smallest absolute Gasteiger partial charge is 0.303 e. The second-order valence-corrected chi connectivity index (χ2v) is 4.34. The van der Waals surface area contributed by atoms with Crippen LogP contribution < -0.4 is 4.90 Å². The third kappa shape index (κ3) is 3.29. The number of ether oxygens (including phenoxy) is 1. The summed E-state index contributed by atoms with van der Waals surface area (Å²) in [6, 6.07) is 5.22. The van der Waals surface area contributed by atoms with Gasteiger partial charge in [-0.25, -0.2) is 4.39 Å². The lowest BCUT2D eigenvalue weighted by Crippen LogP contribution is -2.49. The number of nitrogens with zero attached hydrogens (tertiary/aromatic N) is 1. The van der Waals surface area contributed by atoms with Crippen LogP contribution in [0.25, 0.3) is 0 Å². The highest BCUT2D eigenvalue weighted by Gasteiger charge is 2.30. The monoisotopic (exact) mass is 267 g/mol. The van der Waals surface area contributed by atoms with Crippen LogP contribution in [0.3, 0.4) is 0 Å². The average molecular weight is 267 g/mol. The zero-order valence-corrected chi connectivity index (χ0v) is 10.2. The summed E-state index contributed by atoms with van der Waals surface area (Å²) in [5.74, 6) is -1.54. The molecule has 1 aliphatic heterocycles. The maximum absolute atomic E-state index is 12.9. The van der Waals surface area contributed by atoms with E-state index in [0.717, 1.165) is 0 Å². The average Bonchev–Trinajstić information content (AvgIpc) is 2.38. The van der Waals surface area contributed by atoms with E-state index in [2.05, 4.69) is 0 Å². The Morgan fingerprint density at radius 1 is 1.42 bits per heavy atom. The molecule has 1 aromatic carbocycles. The first-order valence-corrected chi connectivity index (χ1v) is 5.95. The number of carboxylic acids is 1. The van der Waals surface area contributed by atoms with E-state index in [0.29, 0.717) is 12.1 Å². The van der Waals surface area contributed by atoms with Crippen molar-refractivity contribution in [3.8, 4) is 0 Å². The van der Waals surface area contributed by atoms with E-state index in [1.54, 1.807) is 0 Å². The predicted molar refractivity (Wildman–Crippen MR) is 65.4 cm³/mol. The molecule has 1 saturated heterocycles. The molecule has 1 N–H and O–H groups in total. The van der Waals surface area contributed by atoms with Crippen LogP contribution in [0.15, 0.2) is 24.3 Å². The van der Waals surface area contributed by atoms with Crippen LogP contribution in [0, 0.1) is 5.82 Å². The summed E-state index contributed by atoms with van der Waals surface area (Å²) in [6.07, 6.45) is 0.261. The predicted octanol–water partition coefficient (Wildman–Crippen LogP) is 1.42. The van der Waals surface area contributed by atoms with Gasteiger partial charge >= 0.3 is 5.97 Å². The van der Waals surface area contributed by atoms with Gasteiger partial charge < -0.3 is 14.7 Å². The number of carboxylic acid groups (broad SMARTS) is 1. The minimum Gasteiger partial charge on any atom is -0.481 e. The lowest BCUT2D eigenvalue weighted by atomic mass is 10.1. The first-order valence-electron chi connectivity index (χ1n) is 5.95. The molecule has 1 heterocycles. The second-order valence-electron chi connectivity index (χ2n) is 4.34. The number of anilines is 1. The third-order valence-corrected chi connectivity index (χ3v) is 2.97. The molecule has 0 radical (unpaired) electrons. The lowest BCUT2D eigenvalue weighted by Gasteiger charge is -2.35. The van der Waals surface area contributed by atoms with Crippen molar-refractivity contribution in [1.82, 2.24) is 0 Å². The normalized spacial score (nSPS) is 19.5. The van der Waals surface area contributed by atoms with Crippen molar-refractivity contribution >= 4 is 17.6 Å².